The lowest BCUT2D eigenvalue weighted by molar-refractivity contribution is -0.383. The van der Waals surface area contributed by atoms with Gasteiger partial charge in [0.25, 0.3) is 0 Å². The van der Waals surface area contributed by atoms with Crippen molar-refractivity contribution in [1.82, 2.24) is 9.97 Å². The summed E-state index contributed by atoms with van der Waals surface area (Å²) in [4.78, 5) is 21.6. The molecule has 1 aliphatic rings. The van der Waals surface area contributed by atoms with Crippen molar-refractivity contribution in [3.63, 3.8) is 0 Å². The van der Waals surface area contributed by atoms with Gasteiger partial charge in [-0.1, -0.05) is 18.2 Å². The molecule has 1 saturated heterocycles. The van der Waals surface area contributed by atoms with E-state index in [1.54, 1.807) is 24.3 Å². The zero-order valence-corrected chi connectivity index (χ0v) is 15.8. The summed E-state index contributed by atoms with van der Waals surface area (Å²) in [5.41, 5.74) is 0.579. The predicted molar refractivity (Wildman–Crippen MR) is 111 cm³/mol. The highest BCUT2D eigenvalue weighted by Gasteiger charge is 2.27. The topological polar surface area (TPSA) is 93.4 Å². The largest absolute Gasteiger partial charge is 0.457 e. The third-order valence-corrected chi connectivity index (χ3v) is 4.74. The lowest BCUT2D eigenvalue weighted by Gasteiger charge is -2.27. The number of hydrogen-bond donors (Lipinski definition) is 1. The van der Waals surface area contributed by atoms with Crippen LogP contribution in [0.1, 0.15) is 19.3 Å². The zero-order valence-electron chi connectivity index (χ0n) is 15.8. The minimum atomic E-state index is -0.418. The molecule has 1 aromatic heterocycles. The Morgan fingerprint density at radius 3 is 2.31 bits per heavy atom. The molecule has 0 radical (unpaired) electrons. The third-order valence-electron chi connectivity index (χ3n) is 4.74. The van der Waals surface area contributed by atoms with Gasteiger partial charge in [0.15, 0.2) is 0 Å². The molecule has 148 valence electrons. The van der Waals surface area contributed by atoms with Crippen molar-refractivity contribution in [2.24, 2.45) is 0 Å². The summed E-state index contributed by atoms with van der Waals surface area (Å²) in [6.07, 6.45) is 4.52. The van der Waals surface area contributed by atoms with Crippen LogP contribution in [0.5, 0.6) is 11.5 Å². The van der Waals surface area contributed by atoms with E-state index in [0.29, 0.717) is 17.3 Å². The second-order valence-corrected chi connectivity index (χ2v) is 6.76. The number of ether oxygens (including phenoxy) is 1. The highest BCUT2D eigenvalue weighted by atomic mass is 16.6. The molecule has 2 heterocycles. The minimum Gasteiger partial charge on any atom is -0.457 e. The number of hydrogen-bond acceptors (Lipinski definition) is 7. The molecule has 0 aliphatic carbocycles. The van der Waals surface area contributed by atoms with Crippen molar-refractivity contribution in [1.29, 1.82) is 0 Å². The number of rotatable bonds is 6. The van der Waals surface area contributed by atoms with Gasteiger partial charge in [-0.2, -0.15) is 0 Å². The number of aromatic nitrogens is 2. The number of para-hydroxylation sites is 1. The first-order chi connectivity index (χ1) is 14.2. The normalized spacial score (nSPS) is 13.7. The second-order valence-electron chi connectivity index (χ2n) is 6.76. The van der Waals surface area contributed by atoms with Crippen LogP contribution in [-0.4, -0.2) is 28.0 Å². The van der Waals surface area contributed by atoms with Crippen LogP contribution < -0.4 is 15.0 Å². The summed E-state index contributed by atoms with van der Waals surface area (Å²) >= 11 is 0. The van der Waals surface area contributed by atoms with Gasteiger partial charge in [0.2, 0.25) is 11.6 Å². The van der Waals surface area contributed by atoms with E-state index in [1.807, 2.05) is 35.2 Å². The highest BCUT2D eigenvalue weighted by Crippen LogP contribution is 2.35. The molecule has 29 heavy (non-hydrogen) atoms. The second kappa shape index (κ2) is 8.55. The Hall–Kier alpha value is -3.68. The van der Waals surface area contributed by atoms with E-state index < -0.39 is 4.92 Å². The van der Waals surface area contributed by atoms with E-state index in [4.69, 9.17) is 4.74 Å². The summed E-state index contributed by atoms with van der Waals surface area (Å²) in [5.74, 6) is 1.97. The van der Waals surface area contributed by atoms with Crippen LogP contribution in [0.4, 0.5) is 23.0 Å². The Morgan fingerprint density at radius 2 is 1.62 bits per heavy atom. The van der Waals surface area contributed by atoms with Gasteiger partial charge in [0.05, 0.1) is 4.92 Å². The summed E-state index contributed by atoms with van der Waals surface area (Å²) in [6, 6.07) is 16.7. The van der Waals surface area contributed by atoms with E-state index in [1.165, 1.54) is 6.33 Å². The van der Waals surface area contributed by atoms with Crippen molar-refractivity contribution in [2.45, 2.75) is 19.3 Å². The number of nitrogens with zero attached hydrogens (tertiary/aromatic N) is 4. The molecule has 1 fully saturated rings. The van der Waals surface area contributed by atoms with Crippen molar-refractivity contribution >= 4 is 23.0 Å². The van der Waals surface area contributed by atoms with Crippen LogP contribution >= 0.6 is 0 Å². The summed E-state index contributed by atoms with van der Waals surface area (Å²) in [6.45, 7) is 1.53. The first-order valence-electron chi connectivity index (χ1n) is 9.55. The van der Waals surface area contributed by atoms with Crippen molar-refractivity contribution < 1.29 is 9.66 Å². The summed E-state index contributed by atoms with van der Waals surface area (Å²) < 4.78 is 5.78. The minimum absolute atomic E-state index is 0.0981. The van der Waals surface area contributed by atoms with E-state index in [0.717, 1.165) is 38.1 Å². The van der Waals surface area contributed by atoms with Crippen LogP contribution in [0.15, 0.2) is 60.9 Å². The maximum absolute atomic E-state index is 11.8. The van der Waals surface area contributed by atoms with Crippen LogP contribution in [-0.2, 0) is 0 Å². The van der Waals surface area contributed by atoms with Gasteiger partial charge >= 0.3 is 5.69 Å². The molecule has 0 bridgehead atoms. The lowest BCUT2D eigenvalue weighted by Crippen LogP contribution is -2.31. The Morgan fingerprint density at radius 1 is 0.931 bits per heavy atom. The lowest BCUT2D eigenvalue weighted by atomic mass is 10.1. The Kier molecular flexibility index (Phi) is 5.51. The fourth-order valence-electron chi connectivity index (χ4n) is 3.33. The molecule has 2 aromatic carbocycles. The number of benzene rings is 2. The average molecular weight is 391 g/mol. The van der Waals surface area contributed by atoms with Crippen LogP contribution in [0.3, 0.4) is 0 Å². The Bertz CT molecular complexity index is 973. The molecule has 0 atom stereocenters. The van der Waals surface area contributed by atoms with Gasteiger partial charge in [-0.15, -0.1) is 0 Å². The van der Waals surface area contributed by atoms with Crippen LogP contribution in [0.2, 0.25) is 0 Å². The quantitative estimate of drug-likeness (QED) is 0.471. The van der Waals surface area contributed by atoms with E-state index in [9.17, 15) is 10.1 Å². The molecular formula is C21H21N5O3. The predicted octanol–water partition coefficient (Wildman–Crippen LogP) is 4.91. The van der Waals surface area contributed by atoms with E-state index in [2.05, 4.69) is 15.3 Å². The average Bonchev–Trinajstić information content (AvgIpc) is 2.76. The fourth-order valence-corrected chi connectivity index (χ4v) is 3.33. The molecular weight excluding hydrogens is 370 g/mol. The monoisotopic (exact) mass is 391 g/mol. The van der Waals surface area contributed by atoms with E-state index in [-0.39, 0.29) is 11.5 Å². The fraction of sp³-hybridized carbons (Fsp3) is 0.238. The van der Waals surface area contributed by atoms with Gasteiger partial charge in [-0.3, -0.25) is 10.1 Å². The van der Waals surface area contributed by atoms with Crippen LogP contribution in [0, 0.1) is 10.1 Å². The van der Waals surface area contributed by atoms with Gasteiger partial charge in [0.1, 0.15) is 17.8 Å². The first-order valence-corrected chi connectivity index (χ1v) is 9.55. The van der Waals surface area contributed by atoms with Gasteiger partial charge < -0.3 is 15.0 Å². The van der Waals surface area contributed by atoms with Crippen LogP contribution in [0.25, 0.3) is 0 Å². The summed E-state index contributed by atoms with van der Waals surface area (Å²) in [5, 5.41) is 14.8. The third kappa shape index (κ3) is 4.43. The molecule has 1 N–H and O–H groups in total. The molecule has 0 saturated carbocycles. The Labute approximate surface area is 168 Å². The van der Waals surface area contributed by atoms with Gasteiger partial charge in [-0.05, 0) is 55.7 Å². The number of nitro groups is 1. The number of anilines is 3. The van der Waals surface area contributed by atoms with Gasteiger partial charge in [0, 0.05) is 18.8 Å². The molecule has 4 rings (SSSR count). The molecule has 8 nitrogen and oxygen atoms in total. The summed E-state index contributed by atoms with van der Waals surface area (Å²) in [7, 11) is 0. The van der Waals surface area contributed by atoms with Crippen molar-refractivity contribution in [2.75, 3.05) is 23.3 Å². The molecule has 1 aliphatic heterocycles. The molecule has 3 aromatic rings. The highest BCUT2D eigenvalue weighted by molar-refractivity contribution is 5.74. The maximum Gasteiger partial charge on any atom is 0.353 e. The zero-order chi connectivity index (χ0) is 20.1. The molecule has 0 spiro atoms. The van der Waals surface area contributed by atoms with Gasteiger partial charge in [-0.25, -0.2) is 9.97 Å². The smallest absolute Gasteiger partial charge is 0.353 e. The standard InChI is InChI=1S/C21H21N5O3/c27-26(28)19-20(22-15-23-21(19)25-13-5-2-6-14-25)24-16-9-11-18(12-10-16)29-17-7-3-1-4-8-17/h1,3-4,7-12,15H,2,5-6,13-14H2,(H,22,23,24). The number of piperidine rings is 1. The Balaban J connectivity index is 1.55. The van der Waals surface area contributed by atoms with Crippen molar-refractivity contribution in [3.8, 4) is 11.5 Å². The SMILES string of the molecule is O=[N+]([O-])c1c(Nc2ccc(Oc3ccccc3)cc2)ncnc1N1CCCCC1. The molecule has 0 amide bonds. The number of nitrogens with one attached hydrogen (secondary N) is 1. The maximum atomic E-state index is 11.8. The molecule has 0 unspecified atom stereocenters. The van der Waals surface area contributed by atoms with E-state index >= 15 is 0 Å². The molecule has 8 heteroatoms. The first kappa shape index (κ1) is 18.7. The van der Waals surface area contributed by atoms with Crippen molar-refractivity contribution in [3.05, 3.63) is 71.0 Å².